The lowest BCUT2D eigenvalue weighted by atomic mass is 9.71. The Hall–Kier alpha value is -0.0400. The van der Waals surface area contributed by atoms with Crippen LogP contribution >= 0.6 is 0 Å². The van der Waals surface area contributed by atoms with Gasteiger partial charge in [-0.25, -0.2) is 0 Å². The molecule has 0 spiro atoms. The Kier molecular flexibility index (Phi) is 2.44. The van der Waals surface area contributed by atoms with E-state index in [1.165, 1.54) is 19.4 Å². The van der Waals surface area contributed by atoms with Crippen LogP contribution in [-0.2, 0) is 0 Å². The topological polar surface area (TPSA) is 12.0 Å². The molecule has 5 rings (SSSR count). The van der Waals surface area contributed by atoms with Gasteiger partial charge in [-0.05, 0) is 92.8 Å². The molecule has 2 bridgehead atoms. The Morgan fingerprint density at radius 2 is 1.68 bits per heavy atom. The van der Waals surface area contributed by atoms with Crippen LogP contribution in [0.1, 0.15) is 64.2 Å². The molecule has 0 aromatic carbocycles. The van der Waals surface area contributed by atoms with Crippen molar-refractivity contribution >= 4 is 0 Å². The molecule has 0 amide bonds. The fourth-order valence-electron chi connectivity index (χ4n) is 6.22. The van der Waals surface area contributed by atoms with Crippen LogP contribution in [-0.4, -0.2) is 12.6 Å². The number of hydrogen-bond acceptors (Lipinski definition) is 1. The summed E-state index contributed by atoms with van der Waals surface area (Å²) in [4.78, 5) is 0. The minimum atomic E-state index is 0.741. The van der Waals surface area contributed by atoms with Crippen molar-refractivity contribution in [3.63, 3.8) is 0 Å². The van der Waals surface area contributed by atoms with Gasteiger partial charge in [-0.1, -0.05) is 6.42 Å². The van der Waals surface area contributed by atoms with Crippen LogP contribution in [0, 0.1) is 35.0 Å². The molecule has 0 aliphatic heterocycles. The van der Waals surface area contributed by atoms with Gasteiger partial charge in [0.15, 0.2) is 0 Å². The third-order valence-corrected chi connectivity index (χ3v) is 7.38. The Balaban J connectivity index is 1.27. The van der Waals surface area contributed by atoms with Crippen LogP contribution in [0.15, 0.2) is 0 Å². The molecule has 5 atom stereocenters. The van der Waals surface area contributed by atoms with E-state index in [1.54, 1.807) is 51.4 Å². The van der Waals surface area contributed by atoms with E-state index in [-0.39, 0.29) is 0 Å². The molecule has 5 saturated carbocycles. The van der Waals surface area contributed by atoms with Gasteiger partial charge in [-0.3, -0.25) is 0 Å². The molecule has 106 valence electrons. The van der Waals surface area contributed by atoms with E-state index in [9.17, 15) is 0 Å². The second-order valence-electron chi connectivity index (χ2n) is 8.96. The Labute approximate surface area is 117 Å². The van der Waals surface area contributed by atoms with Crippen molar-refractivity contribution in [1.29, 1.82) is 0 Å². The molecular weight excluding hydrogens is 230 g/mol. The number of fused-ring (bicyclic) bond motifs is 3. The lowest BCUT2D eigenvalue weighted by Crippen LogP contribution is -2.37. The van der Waals surface area contributed by atoms with Crippen LogP contribution in [0.3, 0.4) is 0 Å². The van der Waals surface area contributed by atoms with Crippen LogP contribution in [0.25, 0.3) is 0 Å². The molecule has 0 saturated heterocycles. The number of hydrogen-bond donors (Lipinski definition) is 1. The van der Waals surface area contributed by atoms with Crippen molar-refractivity contribution in [1.82, 2.24) is 5.32 Å². The van der Waals surface area contributed by atoms with Crippen molar-refractivity contribution in [2.45, 2.75) is 70.3 Å². The third kappa shape index (κ3) is 2.07. The van der Waals surface area contributed by atoms with E-state index in [4.69, 9.17) is 0 Å². The first-order valence-electron chi connectivity index (χ1n) is 9.03. The predicted octanol–water partition coefficient (Wildman–Crippen LogP) is 3.98. The molecule has 19 heavy (non-hydrogen) atoms. The van der Waals surface area contributed by atoms with Gasteiger partial charge in [-0.2, -0.15) is 0 Å². The van der Waals surface area contributed by atoms with E-state index < -0.39 is 0 Å². The first kappa shape index (κ1) is 11.6. The van der Waals surface area contributed by atoms with E-state index in [0.717, 1.165) is 41.0 Å². The Morgan fingerprint density at radius 1 is 0.842 bits per heavy atom. The van der Waals surface area contributed by atoms with Gasteiger partial charge >= 0.3 is 0 Å². The minimum Gasteiger partial charge on any atom is -0.313 e. The molecule has 1 heteroatoms. The zero-order valence-corrected chi connectivity index (χ0v) is 12.2. The second-order valence-corrected chi connectivity index (χ2v) is 8.96. The molecule has 0 radical (unpaired) electrons. The van der Waals surface area contributed by atoms with Gasteiger partial charge in [0.05, 0.1) is 0 Å². The summed E-state index contributed by atoms with van der Waals surface area (Å²) in [5, 5.41) is 3.90. The zero-order chi connectivity index (χ0) is 12.4. The maximum absolute atomic E-state index is 3.90. The van der Waals surface area contributed by atoms with Crippen molar-refractivity contribution < 1.29 is 0 Å². The average Bonchev–Trinajstić information content (AvgIpc) is 3.25. The largest absolute Gasteiger partial charge is 0.313 e. The van der Waals surface area contributed by atoms with Crippen LogP contribution < -0.4 is 5.32 Å². The van der Waals surface area contributed by atoms with E-state index >= 15 is 0 Å². The van der Waals surface area contributed by atoms with Gasteiger partial charge in [-0.15, -0.1) is 0 Å². The van der Waals surface area contributed by atoms with Crippen LogP contribution in [0.5, 0.6) is 0 Å². The molecule has 5 fully saturated rings. The molecule has 5 aliphatic rings. The first-order chi connectivity index (χ1) is 9.30. The molecule has 0 heterocycles. The summed E-state index contributed by atoms with van der Waals surface area (Å²) in [7, 11) is 0. The highest BCUT2D eigenvalue weighted by molar-refractivity contribution is 5.06. The van der Waals surface area contributed by atoms with Gasteiger partial charge in [0.2, 0.25) is 0 Å². The lowest BCUT2D eigenvalue weighted by Gasteiger charge is -2.36. The van der Waals surface area contributed by atoms with Crippen molar-refractivity contribution in [3.8, 4) is 0 Å². The maximum Gasteiger partial charge on any atom is 0.00684 e. The second kappa shape index (κ2) is 4.00. The van der Waals surface area contributed by atoms with E-state index in [1.807, 2.05) is 0 Å². The normalized spacial score (nSPS) is 54.6. The van der Waals surface area contributed by atoms with Crippen molar-refractivity contribution in [2.24, 2.45) is 35.0 Å². The summed E-state index contributed by atoms with van der Waals surface area (Å²) in [6.45, 7) is 1.37. The highest BCUT2D eigenvalue weighted by atomic mass is 15.0. The average molecular weight is 259 g/mol. The van der Waals surface area contributed by atoms with Gasteiger partial charge in [0.25, 0.3) is 0 Å². The standard InChI is InChI=1S/C18H29N/c1-2-13-5-12(1)6-14(13)8-18(11-19-17-3-4-17)9-15-7-16(15)10-18/h12-17,19H,1-11H2. The smallest absolute Gasteiger partial charge is 0.00684 e. The van der Waals surface area contributed by atoms with Crippen molar-refractivity contribution in [2.75, 3.05) is 6.54 Å². The molecule has 1 nitrogen and oxygen atoms in total. The van der Waals surface area contributed by atoms with Crippen LogP contribution in [0.2, 0.25) is 0 Å². The highest BCUT2D eigenvalue weighted by Gasteiger charge is 2.55. The summed E-state index contributed by atoms with van der Waals surface area (Å²) in [5.74, 6) is 5.70. The summed E-state index contributed by atoms with van der Waals surface area (Å²) in [6.07, 6.45) is 15.6. The van der Waals surface area contributed by atoms with Gasteiger partial charge in [0, 0.05) is 12.6 Å². The van der Waals surface area contributed by atoms with Crippen molar-refractivity contribution in [3.05, 3.63) is 0 Å². The fourth-order valence-corrected chi connectivity index (χ4v) is 6.22. The molecule has 0 aromatic heterocycles. The SMILES string of the molecule is C1CC2CC1CC2CC1(CNC2CC2)CC2CC2C1. The van der Waals surface area contributed by atoms with Gasteiger partial charge < -0.3 is 5.32 Å². The lowest BCUT2D eigenvalue weighted by molar-refractivity contribution is 0.155. The molecule has 5 unspecified atom stereocenters. The Morgan fingerprint density at radius 3 is 2.32 bits per heavy atom. The summed E-state index contributed by atoms with van der Waals surface area (Å²) >= 11 is 0. The fraction of sp³-hybridized carbons (Fsp3) is 1.00. The monoisotopic (exact) mass is 259 g/mol. The summed E-state index contributed by atoms with van der Waals surface area (Å²) in [5.41, 5.74) is 0.741. The van der Waals surface area contributed by atoms with E-state index in [2.05, 4.69) is 5.32 Å². The number of rotatable bonds is 5. The minimum absolute atomic E-state index is 0.741. The zero-order valence-electron chi connectivity index (χ0n) is 12.2. The van der Waals surface area contributed by atoms with E-state index in [0.29, 0.717) is 0 Å². The first-order valence-corrected chi connectivity index (χ1v) is 9.03. The molecular formula is C18H29N. The maximum atomic E-state index is 3.90. The summed E-state index contributed by atoms with van der Waals surface area (Å²) in [6, 6.07) is 0.911. The quantitative estimate of drug-likeness (QED) is 0.787. The van der Waals surface area contributed by atoms with Gasteiger partial charge in [0.1, 0.15) is 0 Å². The summed E-state index contributed by atoms with van der Waals surface area (Å²) < 4.78 is 0. The molecule has 5 aliphatic carbocycles. The molecule has 1 N–H and O–H groups in total. The highest BCUT2D eigenvalue weighted by Crippen LogP contribution is 2.63. The Bertz CT molecular complexity index is 362. The number of nitrogens with one attached hydrogen (secondary N) is 1. The van der Waals surface area contributed by atoms with Crippen LogP contribution in [0.4, 0.5) is 0 Å². The third-order valence-electron chi connectivity index (χ3n) is 7.38. The predicted molar refractivity (Wildman–Crippen MR) is 77.8 cm³/mol. The molecule has 0 aromatic rings.